The minimum atomic E-state index is 0.367. The van der Waals surface area contributed by atoms with E-state index in [4.69, 9.17) is 23.2 Å². The lowest BCUT2D eigenvalue weighted by atomic mass is 9.92. The first kappa shape index (κ1) is 13.2. The van der Waals surface area contributed by atoms with Crippen LogP contribution in [-0.2, 0) is 6.42 Å². The van der Waals surface area contributed by atoms with E-state index in [1.54, 1.807) is 0 Å². The molecule has 2 heteroatoms. The van der Waals surface area contributed by atoms with Crippen LogP contribution in [0.25, 0.3) is 0 Å². The van der Waals surface area contributed by atoms with Gasteiger partial charge in [-0.1, -0.05) is 43.0 Å². The Morgan fingerprint density at radius 3 is 2.76 bits per heavy atom. The van der Waals surface area contributed by atoms with Crippen LogP contribution in [0.3, 0.4) is 0 Å². The van der Waals surface area contributed by atoms with Crippen LogP contribution in [-0.4, -0.2) is 5.38 Å². The average Bonchev–Trinajstić information content (AvgIpc) is 2.47. The summed E-state index contributed by atoms with van der Waals surface area (Å²) in [6.45, 7) is 2.08. The molecule has 1 aliphatic carbocycles. The molecular formula is C15H20Cl2. The van der Waals surface area contributed by atoms with Crippen molar-refractivity contribution in [1.82, 2.24) is 0 Å². The average molecular weight is 271 g/mol. The minimum absolute atomic E-state index is 0.367. The maximum atomic E-state index is 6.31. The van der Waals surface area contributed by atoms with Gasteiger partial charge in [0.1, 0.15) is 0 Å². The van der Waals surface area contributed by atoms with Crippen LogP contribution in [0.5, 0.6) is 0 Å². The van der Waals surface area contributed by atoms with E-state index in [0.29, 0.717) is 11.3 Å². The SMILES string of the molecule is Cc1ccc(CC2CCCCC(Cl)C2)c(Cl)c1. The Morgan fingerprint density at radius 2 is 2.00 bits per heavy atom. The third-order valence-corrected chi connectivity index (χ3v) is 4.43. The lowest BCUT2D eigenvalue weighted by Crippen LogP contribution is -2.09. The van der Waals surface area contributed by atoms with E-state index in [2.05, 4.69) is 25.1 Å². The highest BCUT2D eigenvalue weighted by Gasteiger charge is 2.19. The summed E-state index contributed by atoms with van der Waals surface area (Å²) in [5.41, 5.74) is 2.52. The summed E-state index contributed by atoms with van der Waals surface area (Å²) in [7, 11) is 0. The molecule has 1 fully saturated rings. The predicted molar refractivity (Wildman–Crippen MR) is 76.1 cm³/mol. The van der Waals surface area contributed by atoms with Crippen LogP contribution in [0.2, 0.25) is 5.02 Å². The molecule has 0 amide bonds. The topological polar surface area (TPSA) is 0 Å². The third kappa shape index (κ3) is 3.89. The van der Waals surface area contributed by atoms with Gasteiger partial charge in [0, 0.05) is 10.4 Å². The largest absolute Gasteiger partial charge is 0.123 e. The molecule has 1 aromatic rings. The van der Waals surface area contributed by atoms with Crippen LogP contribution in [0, 0.1) is 12.8 Å². The lowest BCUT2D eigenvalue weighted by Gasteiger charge is -2.17. The summed E-state index contributed by atoms with van der Waals surface area (Å²) in [4.78, 5) is 0. The molecule has 2 unspecified atom stereocenters. The molecular weight excluding hydrogens is 251 g/mol. The van der Waals surface area contributed by atoms with Crippen molar-refractivity contribution in [3.63, 3.8) is 0 Å². The van der Waals surface area contributed by atoms with E-state index in [9.17, 15) is 0 Å². The second kappa shape index (κ2) is 6.11. The third-order valence-electron chi connectivity index (χ3n) is 3.69. The molecule has 0 spiro atoms. The predicted octanol–water partition coefficient (Wildman–Crippen LogP) is 5.38. The first-order chi connectivity index (χ1) is 8.15. The monoisotopic (exact) mass is 270 g/mol. The highest BCUT2D eigenvalue weighted by atomic mass is 35.5. The summed E-state index contributed by atoms with van der Waals surface area (Å²) in [6, 6.07) is 6.38. The van der Waals surface area contributed by atoms with Crippen molar-refractivity contribution in [3.8, 4) is 0 Å². The normalized spacial score (nSPS) is 25.6. The molecule has 2 atom stereocenters. The summed E-state index contributed by atoms with van der Waals surface area (Å²) in [5.74, 6) is 0.709. The fourth-order valence-corrected chi connectivity index (χ4v) is 3.43. The number of alkyl halides is 1. The van der Waals surface area contributed by atoms with Gasteiger partial charge in [-0.05, 0) is 49.3 Å². The van der Waals surface area contributed by atoms with E-state index in [1.807, 2.05) is 0 Å². The van der Waals surface area contributed by atoms with E-state index in [0.717, 1.165) is 17.9 Å². The summed E-state index contributed by atoms with van der Waals surface area (Å²) in [5, 5.41) is 1.28. The number of benzene rings is 1. The quantitative estimate of drug-likeness (QED) is 0.500. The molecule has 0 aromatic heterocycles. The van der Waals surface area contributed by atoms with Gasteiger partial charge >= 0.3 is 0 Å². The van der Waals surface area contributed by atoms with Crippen molar-refractivity contribution in [2.45, 2.75) is 50.8 Å². The van der Waals surface area contributed by atoms with Crippen molar-refractivity contribution in [2.75, 3.05) is 0 Å². The molecule has 0 aliphatic heterocycles. The number of rotatable bonds is 2. The van der Waals surface area contributed by atoms with Crippen LogP contribution in [0.1, 0.15) is 43.2 Å². The smallest absolute Gasteiger partial charge is 0.0440 e. The van der Waals surface area contributed by atoms with Crippen LogP contribution < -0.4 is 0 Å². The van der Waals surface area contributed by atoms with Crippen molar-refractivity contribution in [2.24, 2.45) is 5.92 Å². The number of aryl methyl sites for hydroxylation is 1. The van der Waals surface area contributed by atoms with Gasteiger partial charge in [-0.2, -0.15) is 0 Å². The van der Waals surface area contributed by atoms with Gasteiger partial charge in [-0.3, -0.25) is 0 Å². The Labute approximate surface area is 114 Å². The van der Waals surface area contributed by atoms with Gasteiger partial charge < -0.3 is 0 Å². The second-order valence-corrected chi connectivity index (χ2v) is 6.31. The summed E-state index contributed by atoms with van der Waals surface area (Å²) < 4.78 is 0. The number of hydrogen-bond acceptors (Lipinski definition) is 0. The molecule has 0 nitrogen and oxygen atoms in total. The molecule has 1 aromatic carbocycles. The first-order valence-corrected chi connectivity index (χ1v) is 7.35. The molecule has 2 rings (SSSR count). The Balaban J connectivity index is 2.03. The zero-order chi connectivity index (χ0) is 12.3. The summed E-state index contributed by atoms with van der Waals surface area (Å²) >= 11 is 12.6. The first-order valence-electron chi connectivity index (χ1n) is 6.54. The molecule has 1 aliphatic rings. The minimum Gasteiger partial charge on any atom is -0.123 e. The Hall–Kier alpha value is -0.200. The van der Waals surface area contributed by atoms with E-state index >= 15 is 0 Å². The van der Waals surface area contributed by atoms with Crippen molar-refractivity contribution < 1.29 is 0 Å². The molecule has 1 saturated carbocycles. The van der Waals surface area contributed by atoms with Crippen LogP contribution in [0.15, 0.2) is 18.2 Å². The molecule has 0 heterocycles. The molecule has 0 bridgehead atoms. The van der Waals surface area contributed by atoms with Gasteiger partial charge in [-0.15, -0.1) is 11.6 Å². The summed E-state index contributed by atoms with van der Waals surface area (Å²) in [6.07, 6.45) is 7.31. The van der Waals surface area contributed by atoms with Gasteiger partial charge in [0.2, 0.25) is 0 Å². The highest BCUT2D eigenvalue weighted by molar-refractivity contribution is 6.31. The molecule has 0 radical (unpaired) electrons. The zero-order valence-corrected chi connectivity index (χ0v) is 11.9. The van der Waals surface area contributed by atoms with E-state index in [1.165, 1.54) is 36.8 Å². The fraction of sp³-hybridized carbons (Fsp3) is 0.600. The molecule has 17 heavy (non-hydrogen) atoms. The van der Waals surface area contributed by atoms with E-state index < -0.39 is 0 Å². The fourth-order valence-electron chi connectivity index (χ4n) is 2.71. The van der Waals surface area contributed by atoms with Crippen LogP contribution >= 0.6 is 23.2 Å². The van der Waals surface area contributed by atoms with Gasteiger partial charge in [-0.25, -0.2) is 0 Å². The maximum absolute atomic E-state index is 6.31. The van der Waals surface area contributed by atoms with Crippen molar-refractivity contribution in [1.29, 1.82) is 0 Å². The lowest BCUT2D eigenvalue weighted by molar-refractivity contribution is 0.460. The van der Waals surface area contributed by atoms with Crippen molar-refractivity contribution in [3.05, 3.63) is 34.3 Å². The molecule has 94 valence electrons. The Morgan fingerprint density at radius 1 is 1.24 bits per heavy atom. The standard InChI is InChI=1S/C15H20Cl2/c1-11-6-7-13(15(17)8-11)9-12-4-2-3-5-14(16)10-12/h6-8,12,14H,2-5,9-10H2,1H3. The Kier molecular flexibility index (Phi) is 4.76. The highest BCUT2D eigenvalue weighted by Crippen LogP contribution is 2.31. The van der Waals surface area contributed by atoms with Gasteiger partial charge in [0.15, 0.2) is 0 Å². The van der Waals surface area contributed by atoms with E-state index in [-0.39, 0.29) is 0 Å². The van der Waals surface area contributed by atoms with Crippen LogP contribution in [0.4, 0.5) is 0 Å². The zero-order valence-electron chi connectivity index (χ0n) is 10.4. The van der Waals surface area contributed by atoms with Crippen molar-refractivity contribution >= 4 is 23.2 Å². The number of halogens is 2. The second-order valence-electron chi connectivity index (χ2n) is 5.28. The van der Waals surface area contributed by atoms with Gasteiger partial charge in [0.05, 0.1) is 0 Å². The maximum Gasteiger partial charge on any atom is 0.0440 e. The molecule has 0 N–H and O–H groups in total. The molecule has 0 saturated heterocycles. The number of hydrogen-bond donors (Lipinski definition) is 0. The Bertz CT molecular complexity index is 373. The van der Waals surface area contributed by atoms with Gasteiger partial charge in [0.25, 0.3) is 0 Å².